The summed E-state index contributed by atoms with van der Waals surface area (Å²) < 4.78 is 33.5. The Labute approximate surface area is 433 Å². The van der Waals surface area contributed by atoms with Crippen LogP contribution in [0.4, 0.5) is 0 Å². The summed E-state index contributed by atoms with van der Waals surface area (Å²) in [5.41, 5.74) is 7.74. The molecule has 7 rings (SSSR count). The molecule has 15 nitrogen and oxygen atoms in total. The molecule has 18 heteroatoms. The van der Waals surface area contributed by atoms with Crippen molar-refractivity contribution in [3.05, 3.63) is 146 Å². The molecular weight excluding hydrogens is 1140 g/mol. The van der Waals surface area contributed by atoms with Gasteiger partial charge in [-0.1, -0.05) is 23.7 Å². The zero-order valence-electron chi connectivity index (χ0n) is 38.7. The van der Waals surface area contributed by atoms with Crippen molar-refractivity contribution < 1.29 is 83.0 Å². The van der Waals surface area contributed by atoms with Gasteiger partial charge in [-0.2, -0.15) is 0 Å². The second kappa shape index (κ2) is 26.0. The van der Waals surface area contributed by atoms with Crippen LogP contribution in [0, 0.1) is 23.7 Å². The Hall–Kier alpha value is -6.61. The molecule has 374 valence electrons. The van der Waals surface area contributed by atoms with Crippen LogP contribution in [0.15, 0.2) is 109 Å². The minimum absolute atomic E-state index is 0. The van der Waals surface area contributed by atoms with Crippen molar-refractivity contribution in [2.24, 2.45) is 23.7 Å². The van der Waals surface area contributed by atoms with Gasteiger partial charge in [0.05, 0.1) is 59.6 Å². The topological polar surface area (TPSA) is 201 Å². The molecule has 1 N–H and O–H groups in total. The van der Waals surface area contributed by atoms with Gasteiger partial charge in [-0.3, -0.25) is 28.8 Å². The summed E-state index contributed by atoms with van der Waals surface area (Å²) in [6.07, 6.45) is 7.08. The maximum Gasteiger partial charge on any atom is 0.314 e. The molecule has 0 unspecified atom stereocenters. The summed E-state index contributed by atoms with van der Waals surface area (Å²) in [6.45, 7) is 0.161. The predicted octanol–water partition coefficient (Wildman–Crippen LogP) is 9.99. The van der Waals surface area contributed by atoms with E-state index in [4.69, 9.17) is 40.0 Å². The SMILES string of the molecule is COc1ccc(C(=O)N[N-]C(=O)c2ccc(OC(=O)C3CCC(C(=O)OCCc4ccc(OC(=O)C5CCC(C(=O)Oc6ccc(OC)cc6/C=C/C(=O)c6ccc(Cl)s6)CC5)cc4)CC3)cc2)cc1.[Pt]. The van der Waals surface area contributed by atoms with Crippen molar-refractivity contribution in [2.45, 2.75) is 57.8 Å². The van der Waals surface area contributed by atoms with Gasteiger partial charge in [0.15, 0.2) is 5.78 Å². The van der Waals surface area contributed by atoms with Crippen LogP contribution in [0.1, 0.15) is 92.9 Å². The second-order valence-electron chi connectivity index (χ2n) is 16.7. The van der Waals surface area contributed by atoms with Crippen LogP contribution in [0.25, 0.3) is 11.5 Å². The van der Waals surface area contributed by atoms with Crippen LogP contribution in [0.3, 0.4) is 0 Å². The molecule has 2 aliphatic carbocycles. The fraction of sp³-hybridized carbons (Fsp3) is 0.302. The standard InChI is InChI=1S/C53H51ClN2O13S.Pt/c1-64-40-20-13-33(14-21-40)48(58)55-56-49(59)34-15-22-42(23-16-34)68-52(62)36-7-5-35(6-8-36)50(60)66-30-29-32-3-18-41(19-4-32)67-51(61)37-9-11-38(12-10-37)53(63)69-45-26-24-43(65-2)31-39(45)17-25-44(57)46-27-28-47(54)70-46;/h3-4,13-28,31,35-38H,5-12,29-30H2,1-2H3,(H2,55,56,58,59);/p-1/b25-17+;. The van der Waals surface area contributed by atoms with Gasteiger partial charge in [0.2, 0.25) is 5.91 Å². The molecule has 71 heavy (non-hydrogen) atoms. The van der Waals surface area contributed by atoms with Crippen molar-refractivity contribution in [3.63, 3.8) is 0 Å². The number of carbonyl (C=O) groups excluding carboxylic acids is 7. The molecule has 1 heterocycles. The number of hydrogen-bond acceptors (Lipinski definition) is 14. The van der Waals surface area contributed by atoms with Crippen molar-refractivity contribution in [3.8, 4) is 28.7 Å². The van der Waals surface area contributed by atoms with E-state index in [1.165, 1.54) is 55.9 Å². The fourth-order valence-electron chi connectivity index (χ4n) is 8.04. The number of esters is 4. The third-order valence-electron chi connectivity index (χ3n) is 12.2. The zero-order chi connectivity index (χ0) is 49.6. The largest absolute Gasteiger partial charge is 0.560 e. The molecule has 1 aromatic heterocycles. The summed E-state index contributed by atoms with van der Waals surface area (Å²) in [5, 5.41) is 0. The summed E-state index contributed by atoms with van der Waals surface area (Å²) >= 11 is 7.15. The maximum atomic E-state index is 13.3. The van der Waals surface area contributed by atoms with E-state index in [2.05, 4.69) is 10.9 Å². The van der Waals surface area contributed by atoms with Gasteiger partial charge < -0.3 is 44.1 Å². The van der Waals surface area contributed by atoms with Crippen LogP contribution in [-0.4, -0.2) is 62.3 Å². The van der Waals surface area contributed by atoms with E-state index >= 15 is 0 Å². The molecule has 0 bridgehead atoms. The number of hydrogen-bond donors (Lipinski definition) is 1. The Morgan fingerprint density at radius 3 is 1.63 bits per heavy atom. The predicted molar refractivity (Wildman–Crippen MR) is 259 cm³/mol. The van der Waals surface area contributed by atoms with Crippen molar-refractivity contribution in [1.29, 1.82) is 0 Å². The summed E-state index contributed by atoms with van der Waals surface area (Å²) in [7, 11) is 3.03. The monoisotopic (exact) mass is 1180 g/mol. The average Bonchev–Trinajstić information content (AvgIpc) is 3.84. The number of nitrogens with zero attached hydrogens (tertiary/aromatic N) is 1. The number of methoxy groups -OCH3 is 2. The van der Waals surface area contributed by atoms with Gasteiger partial charge in [0, 0.05) is 44.2 Å². The number of amides is 2. The number of nitrogens with one attached hydrogen (secondary N) is 1. The second-order valence-corrected chi connectivity index (χ2v) is 18.5. The minimum atomic E-state index is -0.678. The molecule has 2 saturated carbocycles. The summed E-state index contributed by atoms with van der Waals surface area (Å²) in [6, 6.07) is 27.4. The number of benzene rings is 4. The molecule has 2 fully saturated rings. The van der Waals surface area contributed by atoms with E-state index < -0.39 is 35.6 Å². The van der Waals surface area contributed by atoms with Gasteiger partial charge in [0.1, 0.15) is 28.7 Å². The van der Waals surface area contributed by atoms with E-state index in [0.717, 1.165) is 5.56 Å². The molecule has 0 atom stereocenters. The van der Waals surface area contributed by atoms with E-state index in [-0.39, 0.29) is 74.3 Å². The van der Waals surface area contributed by atoms with Gasteiger partial charge in [-0.25, -0.2) is 0 Å². The van der Waals surface area contributed by atoms with Crippen LogP contribution in [-0.2, 0) is 51.4 Å². The van der Waals surface area contributed by atoms with Crippen molar-refractivity contribution in [1.82, 2.24) is 5.43 Å². The van der Waals surface area contributed by atoms with Crippen LogP contribution in [0.2, 0.25) is 4.34 Å². The number of carbonyl (C=O) groups is 7. The minimum Gasteiger partial charge on any atom is -0.560 e. The van der Waals surface area contributed by atoms with Crippen LogP contribution >= 0.6 is 22.9 Å². The maximum absolute atomic E-state index is 13.3. The first-order valence-electron chi connectivity index (χ1n) is 22.7. The number of ketones is 1. The molecule has 0 saturated heterocycles. The number of halogens is 1. The molecule has 5 aromatic rings. The van der Waals surface area contributed by atoms with Gasteiger partial charge in [-0.15, -0.1) is 11.3 Å². The normalized spacial score (nSPS) is 17.4. The molecule has 2 amide bonds. The smallest absolute Gasteiger partial charge is 0.314 e. The number of allylic oxidation sites excluding steroid dienone is 1. The first kappa shape index (κ1) is 53.7. The van der Waals surface area contributed by atoms with E-state index in [1.54, 1.807) is 72.8 Å². The molecular formula is C53H50ClN2O13PtS-. The Morgan fingerprint density at radius 1 is 0.606 bits per heavy atom. The summed E-state index contributed by atoms with van der Waals surface area (Å²) in [5.74, 6) is -2.51. The van der Waals surface area contributed by atoms with Crippen LogP contribution in [0.5, 0.6) is 28.7 Å². The first-order valence-corrected chi connectivity index (χ1v) is 23.9. The Kier molecular flexibility index (Phi) is 19.7. The van der Waals surface area contributed by atoms with Crippen LogP contribution < -0.4 is 29.1 Å². The molecule has 0 spiro atoms. The number of ether oxygens (including phenoxy) is 6. The van der Waals surface area contributed by atoms with Gasteiger partial charge >= 0.3 is 23.9 Å². The van der Waals surface area contributed by atoms with Gasteiger partial charge in [0.25, 0.3) is 0 Å². The zero-order valence-corrected chi connectivity index (χ0v) is 42.6. The van der Waals surface area contributed by atoms with E-state index in [9.17, 15) is 33.6 Å². The van der Waals surface area contributed by atoms with E-state index in [1.807, 2.05) is 12.1 Å². The molecule has 0 aliphatic heterocycles. The van der Waals surface area contributed by atoms with Crippen molar-refractivity contribution in [2.75, 3.05) is 20.8 Å². The first-order chi connectivity index (χ1) is 33.8. The average molecular weight is 1190 g/mol. The molecule has 0 radical (unpaired) electrons. The Balaban J connectivity index is 0.00000825. The summed E-state index contributed by atoms with van der Waals surface area (Å²) in [4.78, 5) is 90.2. The number of rotatable bonds is 17. The van der Waals surface area contributed by atoms with E-state index in [0.29, 0.717) is 95.4 Å². The third-order valence-corrected chi connectivity index (χ3v) is 13.4. The molecule has 4 aromatic carbocycles. The Morgan fingerprint density at radius 2 is 1.10 bits per heavy atom. The van der Waals surface area contributed by atoms with Crippen molar-refractivity contribution >= 4 is 70.5 Å². The number of thiophene rings is 1. The molecule has 2 aliphatic rings. The van der Waals surface area contributed by atoms with Gasteiger partial charge in [-0.05, 0) is 160 Å². The fourth-order valence-corrected chi connectivity index (χ4v) is 9.00. The quantitative estimate of drug-likeness (QED) is 0.0303. The third kappa shape index (κ3) is 15.2. The Bertz CT molecular complexity index is 2710.